The monoisotopic (exact) mass is 573 g/mol. The Bertz CT molecular complexity index is 1390. The standard InChI is InChI=1S/C34H39NO5S/c1-4-29-27-19-20-31(33-34(27,21-22-35(29)2)28-13-8-14-30(37-3)32(28)39-33)40-41(36)38-23-9-10-24-15-17-26(18-16-24)25-11-6-5-7-12-25/h5-8,11-20,27,29,31,33H,4,9-10,21-23H2,1-3H3. The lowest BCUT2D eigenvalue weighted by Crippen LogP contribution is -2.62. The molecular formula is C34H39NO5S. The molecule has 1 aliphatic carbocycles. The molecule has 0 bridgehead atoms. The van der Waals surface area contributed by atoms with E-state index in [2.05, 4.69) is 67.4 Å². The minimum absolute atomic E-state index is 0.257. The van der Waals surface area contributed by atoms with Gasteiger partial charge < -0.3 is 14.4 Å². The molecular weight excluding hydrogens is 534 g/mol. The van der Waals surface area contributed by atoms with Crippen LogP contribution in [0.1, 0.15) is 37.3 Å². The van der Waals surface area contributed by atoms with Gasteiger partial charge in [-0.25, -0.2) is 0 Å². The minimum Gasteiger partial charge on any atom is -0.493 e. The maximum atomic E-state index is 13.0. The van der Waals surface area contributed by atoms with Crippen molar-refractivity contribution in [2.45, 2.75) is 56.3 Å². The summed E-state index contributed by atoms with van der Waals surface area (Å²) in [6, 6.07) is 25.5. The molecule has 3 aromatic rings. The molecule has 3 aromatic carbocycles. The molecule has 6 atom stereocenters. The Morgan fingerprint density at radius 1 is 1.00 bits per heavy atom. The SMILES string of the molecule is CCC1C2C=CC(OS(=O)OCCCc3ccc(-c4ccccc4)cc3)C3Oc4c(OC)cccc4C23CCN1C. The molecule has 2 heterocycles. The van der Waals surface area contributed by atoms with Crippen LogP contribution in [0, 0.1) is 5.92 Å². The molecule has 41 heavy (non-hydrogen) atoms. The van der Waals surface area contributed by atoms with Crippen molar-refractivity contribution < 1.29 is 22.0 Å². The number of nitrogens with zero attached hydrogens (tertiary/aromatic N) is 1. The van der Waals surface area contributed by atoms with Gasteiger partial charge in [0.2, 0.25) is 0 Å². The second kappa shape index (κ2) is 12.1. The van der Waals surface area contributed by atoms with Gasteiger partial charge in [0.25, 0.3) is 0 Å². The lowest BCUT2D eigenvalue weighted by Gasteiger charge is -2.53. The van der Waals surface area contributed by atoms with E-state index in [-0.39, 0.29) is 17.4 Å². The van der Waals surface area contributed by atoms with Crippen LogP contribution in [0.25, 0.3) is 11.1 Å². The van der Waals surface area contributed by atoms with Crippen LogP contribution in [0.3, 0.4) is 0 Å². The Kier molecular flexibility index (Phi) is 8.31. The number of piperidine rings is 1. The lowest BCUT2D eigenvalue weighted by molar-refractivity contribution is -0.0332. The third-order valence-electron chi connectivity index (χ3n) is 9.17. The molecule has 216 valence electrons. The number of aryl methyl sites for hydroxylation is 1. The molecule has 0 amide bonds. The predicted molar refractivity (Wildman–Crippen MR) is 162 cm³/mol. The van der Waals surface area contributed by atoms with Gasteiger partial charge in [-0.2, -0.15) is 4.21 Å². The molecule has 0 radical (unpaired) electrons. The van der Waals surface area contributed by atoms with Gasteiger partial charge >= 0.3 is 11.4 Å². The Hall–Kier alpha value is -2.97. The molecule has 6 unspecified atom stereocenters. The topological polar surface area (TPSA) is 57.2 Å². The summed E-state index contributed by atoms with van der Waals surface area (Å²) in [5.74, 6) is 1.77. The van der Waals surface area contributed by atoms with Crippen LogP contribution in [0.15, 0.2) is 84.9 Å². The second-order valence-electron chi connectivity index (χ2n) is 11.3. The van der Waals surface area contributed by atoms with Crippen molar-refractivity contribution >= 4 is 11.4 Å². The largest absolute Gasteiger partial charge is 0.493 e. The Morgan fingerprint density at radius 2 is 1.78 bits per heavy atom. The van der Waals surface area contributed by atoms with Crippen LogP contribution in [0.5, 0.6) is 11.5 Å². The van der Waals surface area contributed by atoms with E-state index in [1.165, 1.54) is 22.3 Å². The van der Waals surface area contributed by atoms with Crippen LogP contribution >= 0.6 is 0 Å². The highest BCUT2D eigenvalue weighted by Gasteiger charge is 2.62. The maximum Gasteiger partial charge on any atom is 0.305 e. The van der Waals surface area contributed by atoms with Gasteiger partial charge in [0.15, 0.2) is 11.5 Å². The lowest BCUT2D eigenvalue weighted by atomic mass is 9.57. The van der Waals surface area contributed by atoms with E-state index in [0.29, 0.717) is 12.6 Å². The second-order valence-corrected chi connectivity index (χ2v) is 12.1. The number of hydrogen-bond donors (Lipinski definition) is 0. The number of para-hydroxylation sites is 1. The van der Waals surface area contributed by atoms with Gasteiger partial charge in [-0.05, 0) is 62.0 Å². The van der Waals surface area contributed by atoms with E-state index in [1.54, 1.807) is 7.11 Å². The first-order chi connectivity index (χ1) is 20.0. The molecule has 0 aromatic heterocycles. The first kappa shape index (κ1) is 28.2. The molecule has 2 aliphatic heterocycles. The molecule has 7 heteroatoms. The van der Waals surface area contributed by atoms with Gasteiger partial charge in [-0.15, -0.1) is 0 Å². The molecule has 1 fully saturated rings. The fourth-order valence-electron chi connectivity index (χ4n) is 7.16. The predicted octanol–water partition coefficient (Wildman–Crippen LogP) is 6.27. The van der Waals surface area contributed by atoms with Crippen LogP contribution in [0.4, 0.5) is 0 Å². The molecule has 0 N–H and O–H groups in total. The highest BCUT2D eigenvalue weighted by atomic mass is 32.2. The summed E-state index contributed by atoms with van der Waals surface area (Å²) in [7, 11) is 3.88. The van der Waals surface area contributed by atoms with Crippen molar-refractivity contribution in [1.82, 2.24) is 4.90 Å². The molecule has 1 saturated heterocycles. The van der Waals surface area contributed by atoms with Gasteiger partial charge in [0.05, 0.1) is 13.7 Å². The number of rotatable bonds is 10. The van der Waals surface area contributed by atoms with E-state index in [0.717, 1.165) is 43.7 Å². The fraction of sp³-hybridized carbons (Fsp3) is 0.412. The highest BCUT2D eigenvalue weighted by molar-refractivity contribution is 7.75. The van der Waals surface area contributed by atoms with E-state index in [4.69, 9.17) is 17.8 Å². The number of methoxy groups -OCH3 is 1. The summed E-state index contributed by atoms with van der Waals surface area (Å²) in [5.41, 5.74) is 4.53. The molecule has 6 nitrogen and oxygen atoms in total. The van der Waals surface area contributed by atoms with Crippen LogP contribution in [-0.2, 0) is 31.6 Å². The molecule has 6 rings (SSSR count). The molecule has 1 spiro atoms. The molecule has 0 saturated carbocycles. The highest BCUT2D eigenvalue weighted by Crippen LogP contribution is 2.59. The number of benzene rings is 3. The first-order valence-corrected chi connectivity index (χ1v) is 15.6. The molecule has 3 aliphatic rings. The van der Waals surface area contributed by atoms with Crippen molar-refractivity contribution in [3.05, 3.63) is 96.1 Å². The van der Waals surface area contributed by atoms with E-state index in [9.17, 15) is 4.21 Å². The number of ether oxygens (including phenoxy) is 2. The zero-order chi connectivity index (χ0) is 28.4. The first-order valence-electron chi connectivity index (χ1n) is 14.6. The van der Waals surface area contributed by atoms with Crippen molar-refractivity contribution in [3.63, 3.8) is 0 Å². The summed E-state index contributed by atoms with van der Waals surface area (Å²) in [6.07, 6.45) is 7.05. The fourth-order valence-corrected chi connectivity index (χ4v) is 7.82. The average molecular weight is 574 g/mol. The van der Waals surface area contributed by atoms with Gasteiger partial charge in [-0.3, -0.25) is 8.37 Å². The summed E-state index contributed by atoms with van der Waals surface area (Å²) in [6.45, 7) is 3.55. The summed E-state index contributed by atoms with van der Waals surface area (Å²) in [5, 5.41) is 0. The van der Waals surface area contributed by atoms with E-state index < -0.39 is 17.5 Å². The van der Waals surface area contributed by atoms with Crippen molar-refractivity contribution in [2.24, 2.45) is 5.92 Å². The zero-order valence-corrected chi connectivity index (χ0v) is 24.8. The summed E-state index contributed by atoms with van der Waals surface area (Å²) < 4.78 is 37.0. The van der Waals surface area contributed by atoms with Crippen LogP contribution in [-0.4, -0.2) is 54.7 Å². The van der Waals surface area contributed by atoms with Crippen LogP contribution in [0.2, 0.25) is 0 Å². The van der Waals surface area contributed by atoms with Crippen molar-refractivity contribution in [2.75, 3.05) is 27.3 Å². The number of hydrogen-bond acceptors (Lipinski definition) is 6. The van der Waals surface area contributed by atoms with E-state index >= 15 is 0 Å². The quantitative estimate of drug-likeness (QED) is 0.210. The Morgan fingerprint density at radius 3 is 2.54 bits per heavy atom. The van der Waals surface area contributed by atoms with Crippen molar-refractivity contribution in [3.8, 4) is 22.6 Å². The maximum absolute atomic E-state index is 13.0. The zero-order valence-electron chi connectivity index (χ0n) is 24.0. The Balaban J connectivity index is 1.10. The van der Waals surface area contributed by atoms with E-state index in [1.807, 2.05) is 36.4 Å². The van der Waals surface area contributed by atoms with Crippen molar-refractivity contribution in [1.29, 1.82) is 0 Å². The number of likely N-dealkylation sites (tertiary alicyclic amines) is 1. The Labute approximate surface area is 246 Å². The van der Waals surface area contributed by atoms with Gasteiger partial charge in [-0.1, -0.05) is 85.8 Å². The van der Waals surface area contributed by atoms with Gasteiger partial charge in [0, 0.05) is 22.9 Å². The smallest absolute Gasteiger partial charge is 0.305 e. The minimum atomic E-state index is -1.89. The van der Waals surface area contributed by atoms with Crippen LogP contribution < -0.4 is 9.47 Å². The average Bonchev–Trinajstić information content (AvgIpc) is 3.36. The summed E-state index contributed by atoms with van der Waals surface area (Å²) >= 11 is -1.89. The third-order valence-corrected chi connectivity index (χ3v) is 9.91. The van der Waals surface area contributed by atoms with Gasteiger partial charge in [0.1, 0.15) is 12.2 Å². The summed E-state index contributed by atoms with van der Waals surface area (Å²) in [4.78, 5) is 2.45. The normalized spacial score (nSPS) is 27.4. The number of fused-ring (bicyclic) bond motifs is 1. The third kappa shape index (κ3) is 5.25.